The molecular weight excluding hydrogens is 378 g/mol. The average molecular weight is 405 g/mol. The normalized spacial score (nSPS) is 28.3. The fourth-order valence-electron chi connectivity index (χ4n) is 4.12. The smallest absolute Gasteiger partial charge is 0.329 e. The molecule has 1 N–H and O–H groups in total. The number of rotatable bonds is 6. The minimum absolute atomic E-state index is 0.167. The van der Waals surface area contributed by atoms with Crippen molar-refractivity contribution in [2.45, 2.75) is 51.2 Å². The number of esters is 2. The number of amides is 1. The summed E-state index contributed by atoms with van der Waals surface area (Å²) in [6, 6.07) is 7.61. The van der Waals surface area contributed by atoms with Gasteiger partial charge in [0.2, 0.25) is 0 Å². The van der Waals surface area contributed by atoms with E-state index in [9.17, 15) is 14.4 Å². The minimum atomic E-state index is -0.984. The first-order chi connectivity index (χ1) is 13.8. The molecule has 0 radical (unpaired) electrons. The van der Waals surface area contributed by atoms with Crippen LogP contribution in [0.25, 0.3) is 0 Å². The summed E-state index contributed by atoms with van der Waals surface area (Å²) >= 11 is 0. The Labute approximate surface area is 169 Å². The van der Waals surface area contributed by atoms with E-state index in [0.29, 0.717) is 5.56 Å². The predicted octanol–water partition coefficient (Wildman–Crippen LogP) is 1.68. The van der Waals surface area contributed by atoms with E-state index < -0.39 is 53.7 Å². The second-order valence-corrected chi connectivity index (χ2v) is 7.66. The molecular formula is C21H27NO7. The number of carbonyl (C=O) groups excluding carboxylic acids is 3. The van der Waals surface area contributed by atoms with Gasteiger partial charge in [-0.3, -0.25) is 9.59 Å². The maximum absolute atomic E-state index is 12.7. The molecule has 1 aromatic rings. The van der Waals surface area contributed by atoms with Crippen molar-refractivity contribution in [3.05, 3.63) is 35.9 Å². The Balaban J connectivity index is 1.89. The average Bonchev–Trinajstić information content (AvgIpc) is 3.19. The molecule has 0 bridgehead atoms. The first-order valence-electron chi connectivity index (χ1n) is 9.73. The van der Waals surface area contributed by atoms with Gasteiger partial charge in [0.1, 0.15) is 12.1 Å². The lowest BCUT2D eigenvalue weighted by molar-refractivity contribution is -0.173. The standard InChI is InChI=1S/C21H27NO7/c1-5-27-20(25)15(22-18(23)12-9-7-6-8-10-12)13-11-14(19(24)26-4)17-16(13)28-21(2,3)29-17/h6-10,13-17H,5,11H2,1-4H3,(H,22,23)/t13-,14-,15+,16-,17+/m1/s1. The molecule has 1 aromatic carbocycles. The van der Waals surface area contributed by atoms with E-state index in [4.69, 9.17) is 18.9 Å². The van der Waals surface area contributed by atoms with Gasteiger partial charge in [0, 0.05) is 11.5 Å². The third kappa shape index (κ3) is 4.43. The van der Waals surface area contributed by atoms with Crippen LogP contribution in [0, 0.1) is 11.8 Å². The van der Waals surface area contributed by atoms with E-state index in [1.807, 2.05) is 0 Å². The highest BCUT2D eigenvalue weighted by molar-refractivity contribution is 5.96. The van der Waals surface area contributed by atoms with Gasteiger partial charge >= 0.3 is 11.9 Å². The molecule has 158 valence electrons. The highest BCUT2D eigenvalue weighted by Gasteiger charge is 2.59. The summed E-state index contributed by atoms with van der Waals surface area (Å²) in [4.78, 5) is 37.8. The number of benzene rings is 1. The first-order valence-corrected chi connectivity index (χ1v) is 9.73. The summed E-state index contributed by atoms with van der Waals surface area (Å²) in [5.41, 5.74) is 0.421. The number of carbonyl (C=O) groups is 3. The molecule has 8 heteroatoms. The zero-order valence-corrected chi connectivity index (χ0v) is 17.0. The Bertz CT molecular complexity index is 764. The molecule has 2 fully saturated rings. The van der Waals surface area contributed by atoms with Crippen LogP contribution in [0.1, 0.15) is 37.6 Å². The number of ether oxygens (including phenoxy) is 4. The van der Waals surface area contributed by atoms with Crippen molar-refractivity contribution in [3.8, 4) is 0 Å². The van der Waals surface area contributed by atoms with Crippen LogP contribution in [0.5, 0.6) is 0 Å². The zero-order chi connectivity index (χ0) is 21.2. The van der Waals surface area contributed by atoms with Crippen LogP contribution in [0.3, 0.4) is 0 Å². The molecule has 1 saturated heterocycles. The SMILES string of the molecule is CCOC(=O)[C@@H](NC(=O)c1ccccc1)[C@H]1C[C@@H](C(=O)OC)[C@@H]2OC(C)(C)O[C@H]12. The number of fused-ring (bicyclic) bond motifs is 1. The summed E-state index contributed by atoms with van der Waals surface area (Å²) < 4.78 is 22.1. The maximum Gasteiger partial charge on any atom is 0.329 e. The van der Waals surface area contributed by atoms with Gasteiger partial charge in [0.15, 0.2) is 5.79 Å². The van der Waals surface area contributed by atoms with Crippen LogP contribution in [0.4, 0.5) is 0 Å². The lowest BCUT2D eigenvalue weighted by Gasteiger charge is -2.28. The van der Waals surface area contributed by atoms with Crippen LogP contribution in [0.2, 0.25) is 0 Å². The van der Waals surface area contributed by atoms with Gasteiger partial charge in [0.25, 0.3) is 5.91 Å². The van der Waals surface area contributed by atoms with Crippen molar-refractivity contribution in [2.75, 3.05) is 13.7 Å². The summed E-state index contributed by atoms with van der Waals surface area (Å²) in [7, 11) is 1.31. The van der Waals surface area contributed by atoms with Crippen molar-refractivity contribution in [1.29, 1.82) is 0 Å². The predicted molar refractivity (Wildman–Crippen MR) is 102 cm³/mol. The zero-order valence-electron chi connectivity index (χ0n) is 17.0. The molecule has 0 aromatic heterocycles. The van der Waals surface area contributed by atoms with Crippen LogP contribution < -0.4 is 5.32 Å². The number of hydrogen-bond donors (Lipinski definition) is 1. The monoisotopic (exact) mass is 405 g/mol. The Hall–Kier alpha value is -2.45. The van der Waals surface area contributed by atoms with Crippen LogP contribution in [-0.4, -0.2) is 55.6 Å². The van der Waals surface area contributed by atoms with E-state index in [0.717, 1.165) is 0 Å². The van der Waals surface area contributed by atoms with Gasteiger partial charge in [-0.1, -0.05) is 18.2 Å². The first kappa shape index (κ1) is 21.3. The third-order valence-corrected chi connectivity index (χ3v) is 5.30. The highest BCUT2D eigenvalue weighted by Crippen LogP contribution is 2.46. The van der Waals surface area contributed by atoms with Crippen molar-refractivity contribution in [3.63, 3.8) is 0 Å². The Kier molecular flexibility index (Phi) is 6.24. The molecule has 0 spiro atoms. The van der Waals surface area contributed by atoms with E-state index in [1.54, 1.807) is 51.1 Å². The van der Waals surface area contributed by atoms with Gasteiger partial charge in [-0.05, 0) is 39.3 Å². The quantitative estimate of drug-likeness (QED) is 0.719. The van der Waals surface area contributed by atoms with Crippen molar-refractivity contribution >= 4 is 17.8 Å². The summed E-state index contributed by atoms with van der Waals surface area (Å²) in [6.45, 7) is 5.36. The third-order valence-electron chi connectivity index (χ3n) is 5.30. The topological polar surface area (TPSA) is 100 Å². The van der Waals surface area contributed by atoms with Crippen molar-refractivity contribution in [2.24, 2.45) is 11.8 Å². The number of methoxy groups -OCH3 is 1. The Morgan fingerprint density at radius 1 is 1.17 bits per heavy atom. The highest BCUT2D eigenvalue weighted by atomic mass is 16.8. The van der Waals surface area contributed by atoms with E-state index in [1.165, 1.54) is 7.11 Å². The Morgan fingerprint density at radius 2 is 1.83 bits per heavy atom. The van der Waals surface area contributed by atoms with Crippen molar-refractivity contribution in [1.82, 2.24) is 5.32 Å². The molecule has 5 atom stereocenters. The maximum atomic E-state index is 12.7. The molecule has 3 rings (SSSR count). The molecule has 1 heterocycles. The van der Waals surface area contributed by atoms with Crippen molar-refractivity contribution < 1.29 is 33.3 Å². The molecule has 1 amide bonds. The van der Waals surface area contributed by atoms with E-state index >= 15 is 0 Å². The second kappa shape index (κ2) is 8.51. The number of hydrogen-bond acceptors (Lipinski definition) is 7. The second-order valence-electron chi connectivity index (χ2n) is 7.66. The molecule has 2 aliphatic rings. The largest absolute Gasteiger partial charge is 0.469 e. The van der Waals surface area contributed by atoms with Gasteiger partial charge in [0.05, 0.1) is 25.7 Å². The summed E-state index contributed by atoms with van der Waals surface area (Å²) in [5.74, 6) is -3.41. The van der Waals surface area contributed by atoms with Crippen LogP contribution in [0.15, 0.2) is 30.3 Å². The summed E-state index contributed by atoms with van der Waals surface area (Å²) in [6.07, 6.45) is -0.844. The van der Waals surface area contributed by atoms with Crippen LogP contribution in [-0.2, 0) is 28.5 Å². The summed E-state index contributed by atoms with van der Waals surface area (Å²) in [5, 5.41) is 2.78. The van der Waals surface area contributed by atoms with Gasteiger partial charge < -0.3 is 24.3 Å². The molecule has 1 saturated carbocycles. The number of nitrogens with one attached hydrogen (secondary N) is 1. The van der Waals surface area contributed by atoms with Crippen LogP contribution >= 0.6 is 0 Å². The minimum Gasteiger partial charge on any atom is -0.469 e. The fourth-order valence-corrected chi connectivity index (χ4v) is 4.12. The lowest BCUT2D eigenvalue weighted by Crippen LogP contribution is -2.50. The lowest BCUT2D eigenvalue weighted by atomic mass is 9.94. The van der Waals surface area contributed by atoms with E-state index in [-0.39, 0.29) is 13.0 Å². The molecule has 1 aliphatic carbocycles. The molecule has 29 heavy (non-hydrogen) atoms. The van der Waals surface area contributed by atoms with Gasteiger partial charge in [-0.25, -0.2) is 4.79 Å². The molecule has 0 unspecified atom stereocenters. The molecule has 1 aliphatic heterocycles. The Morgan fingerprint density at radius 3 is 2.45 bits per heavy atom. The van der Waals surface area contributed by atoms with Gasteiger partial charge in [-0.15, -0.1) is 0 Å². The van der Waals surface area contributed by atoms with Gasteiger partial charge in [-0.2, -0.15) is 0 Å². The molecule has 8 nitrogen and oxygen atoms in total. The van der Waals surface area contributed by atoms with E-state index in [2.05, 4.69) is 5.32 Å². The fraction of sp³-hybridized carbons (Fsp3) is 0.571.